The van der Waals surface area contributed by atoms with Gasteiger partial charge in [-0.15, -0.1) is 24.0 Å². The van der Waals surface area contributed by atoms with E-state index in [0.29, 0.717) is 5.96 Å². The fourth-order valence-electron chi connectivity index (χ4n) is 1.89. The number of nitrogens with one attached hydrogen (secondary N) is 3. The Morgan fingerprint density at radius 2 is 2.00 bits per heavy atom. The summed E-state index contributed by atoms with van der Waals surface area (Å²) < 4.78 is 0.940. The largest absolute Gasteiger partial charge is 0.356 e. The van der Waals surface area contributed by atoms with Crippen LogP contribution in [0.1, 0.15) is 31.7 Å². The molecule has 1 rings (SSSR count). The number of nitrogens with zero attached hydrogens (tertiary/aromatic N) is 1. The zero-order chi connectivity index (χ0) is 16.4. The summed E-state index contributed by atoms with van der Waals surface area (Å²) in [5, 5.41) is 9.10. The number of unbranched alkanes of at least 4 members (excludes halogenated alkanes) is 2. The molecule has 7 heteroatoms. The van der Waals surface area contributed by atoms with Crippen LogP contribution >= 0.6 is 39.9 Å². The third-order valence-corrected chi connectivity index (χ3v) is 3.68. The Balaban J connectivity index is 0.00000484. The van der Waals surface area contributed by atoms with Crippen LogP contribution in [0.5, 0.6) is 0 Å². The number of amides is 1. The van der Waals surface area contributed by atoms with Gasteiger partial charge in [-0.1, -0.05) is 41.8 Å². The minimum Gasteiger partial charge on any atom is -0.356 e. The molecule has 0 saturated heterocycles. The van der Waals surface area contributed by atoms with E-state index in [1.54, 1.807) is 7.05 Å². The van der Waals surface area contributed by atoms with E-state index in [9.17, 15) is 4.79 Å². The Bertz CT molecular complexity index is 523. The standard InChI is InChI=1S/C16H25BrN4O.HI/c1-4-5-6-9-19-16(18-3)20-11-15(22)21-14-10-13(17)8-7-12(14)2;/h7-8,10H,4-6,9,11H2,1-3H3,(H,21,22)(H2,18,19,20);1H. The first-order chi connectivity index (χ1) is 10.6. The second-order valence-corrected chi connectivity index (χ2v) is 5.98. The van der Waals surface area contributed by atoms with E-state index in [1.807, 2.05) is 25.1 Å². The molecule has 0 unspecified atom stereocenters. The summed E-state index contributed by atoms with van der Waals surface area (Å²) in [4.78, 5) is 16.1. The number of carbonyl (C=O) groups excluding carboxylic acids is 1. The van der Waals surface area contributed by atoms with E-state index in [0.717, 1.165) is 28.7 Å². The molecule has 0 fully saturated rings. The highest BCUT2D eigenvalue weighted by atomic mass is 127. The lowest BCUT2D eigenvalue weighted by atomic mass is 10.2. The van der Waals surface area contributed by atoms with Gasteiger partial charge in [-0.3, -0.25) is 9.79 Å². The predicted molar refractivity (Wildman–Crippen MR) is 112 cm³/mol. The van der Waals surface area contributed by atoms with Gasteiger partial charge in [-0.25, -0.2) is 0 Å². The average Bonchev–Trinajstić information content (AvgIpc) is 2.50. The minimum atomic E-state index is -0.0993. The molecule has 1 amide bonds. The fourth-order valence-corrected chi connectivity index (χ4v) is 2.25. The number of benzene rings is 1. The Morgan fingerprint density at radius 1 is 1.26 bits per heavy atom. The van der Waals surface area contributed by atoms with Crippen LogP contribution in [0.25, 0.3) is 0 Å². The Morgan fingerprint density at radius 3 is 2.65 bits per heavy atom. The Hall–Kier alpha value is -0.830. The summed E-state index contributed by atoms with van der Waals surface area (Å²) in [7, 11) is 1.70. The molecule has 130 valence electrons. The number of carbonyl (C=O) groups is 1. The molecule has 0 aliphatic carbocycles. The van der Waals surface area contributed by atoms with Gasteiger partial charge >= 0.3 is 0 Å². The third kappa shape index (κ3) is 9.14. The van der Waals surface area contributed by atoms with Crippen LogP contribution in [-0.4, -0.2) is 32.0 Å². The number of hydrogen-bond acceptors (Lipinski definition) is 2. The normalized spacial score (nSPS) is 10.7. The van der Waals surface area contributed by atoms with Crippen molar-refractivity contribution in [1.29, 1.82) is 0 Å². The molecule has 1 aromatic rings. The molecule has 0 atom stereocenters. The van der Waals surface area contributed by atoms with Gasteiger partial charge in [-0.05, 0) is 31.0 Å². The molecule has 23 heavy (non-hydrogen) atoms. The molecule has 0 aliphatic heterocycles. The fraction of sp³-hybridized carbons (Fsp3) is 0.500. The minimum absolute atomic E-state index is 0. The first kappa shape index (κ1) is 22.2. The second-order valence-electron chi connectivity index (χ2n) is 5.07. The average molecular weight is 497 g/mol. The second kappa shape index (κ2) is 12.6. The molecule has 3 N–H and O–H groups in total. The van der Waals surface area contributed by atoms with Gasteiger partial charge in [0.05, 0.1) is 6.54 Å². The van der Waals surface area contributed by atoms with Crippen molar-refractivity contribution < 1.29 is 4.79 Å². The van der Waals surface area contributed by atoms with Crippen molar-refractivity contribution in [1.82, 2.24) is 10.6 Å². The molecular formula is C16H26BrIN4O. The third-order valence-electron chi connectivity index (χ3n) is 3.19. The van der Waals surface area contributed by atoms with Gasteiger partial charge < -0.3 is 16.0 Å². The molecular weight excluding hydrogens is 471 g/mol. The first-order valence-electron chi connectivity index (χ1n) is 7.57. The van der Waals surface area contributed by atoms with Gasteiger partial charge in [0.2, 0.25) is 5.91 Å². The number of aliphatic imine (C=N–C) groups is 1. The van der Waals surface area contributed by atoms with Gasteiger partial charge in [0.25, 0.3) is 0 Å². The van der Waals surface area contributed by atoms with Crippen molar-refractivity contribution in [2.45, 2.75) is 33.1 Å². The predicted octanol–water partition coefficient (Wildman–Crippen LogP) is 3.67. The summed E-state index contributed by atoms with van der Waals surface area (Å²) in [6.07, 6.45) is 3.47. The number of guanidine groups is 1. The Labute approximate surface area is 164 Å². The number of aryl methyl sites for hydroxylation is 1. The highest BCUT2D eigenvalue weighted by Gasteiger charge is 2.06. The Kier molecular flexibility index (Phi) is 12.1. The molecule has 0 spiro atoms. The number of rotatable bonds is 7. The van der Waals surface area contributed by atoms with Crippen molar-refractivity contribution in [2.24, 2.45) is 4.99 Å². The summed E-state index contributed by atoms with van der Waals surface area (Å²) >= 11 is 3.40. The summed E-state index contributed by atoms with van der Waals surface area (Å²) in [6, 6.07) is 5.80. The number of halogens is 2. The molecule has 0 aromatic heterocycles. The van der Waals surface area contributed by atoms with E-state index >= 15 is 0 Å². The maximum Gasteiger partial charge on any atom is 0.243 e. The first-order valence-corrected chi connectivity index (χ1v) is 8.36. The summed E-state index contributed by atoms with van der Waals surface area (Å²) in [5.74, 6) is 0.551. The van der Waals surface area contributed by atoms with Crippen molar-refractivity contribution in [3.05, 3.63) is 28.2 Å². The van der Waals surface area contributed by atoms with E-state index < -0.39 is 0 Å². The summed E-state index contributed by atoms with van der Waals surface area (Å²) in [5.41, 5.74) is 1.84. The monoisotopic (exact) mass is 496 g/mol. The van der Waals surface area contributed by atoms with E-state index in [-0.39, 0.29) is 36.4 Å². The van der Waals surface area contributed by atoms with Crippen LogP contribution < -0.4 is 16.0 Å². The molecule has 0 saturated carbocycles. The lowest BCUT2D eigenvalue weighted by Crippen LogP contribution is -2.41. The molecule has 5 nitrogen and oxygen atoms in total. The molecule has 1 aromatic carbocycles. The van der Waals surface area contributed by atoms with E-state index in [2.05, 4.69) is 43.8 Å². The van der Waals surface area contributed by atoms with Gasteiger partial charge in [0, 0.05) is 23.8 Å². The molecule has 0 aliphatic rings. The highest BCUT2D eigenvalue weighted by Crippen LogP contribution is 2.20. The van der Waals surface area contributed by atoms with Crippen LogP contribution in [0, 0.1) is 6.92 Å². The number of hydrogen-bond donors (Lipinski definition) is 3. The quantitative estimate of drug-likeness (QED) is 0.233. The highest BCUT2D eigenvalue weighted by molar-refractivity contribution is 14.0. The molecule has 0 radical (unpaired) electrons. The maximum absolute atomic E-state index is 12.0. The maximum atomic E-state index is 12.0. The van der Waals surface area contributed by atoms with Crippen molar-refractivity contribution in [2.75, 3.05) is 25.5 Å². The smallest absolute Gasteiger partial charge is 0.243 e. The van der Waals surface area contributed by atoms with Crippen LogP contribution in [-0.2, 0) is 4.79 Å². The van der Waals surface area contributed by atoms with Crippen LogP contribution in [0.2, 0.25) is 0 Å². The lowest BCUT2D eigenvalue weighted by Gasteiger charge is -2.13. The van der Waals surface area contributed by atoms with Crippen LogP contribution in [0.3, 0.4) is 0 Å². The summed E-state index contributed by atoms with van der Waals surface area (Å²) in [6.45, 7) is 5.17. The molecule has 0 heterocycles. The molecule has 0 bridgehead atoms. The SMILES string of the molecule is CCCCCNC(=NC)NCC(=O)Nc1cc(Br)ccc1C.I. The van der Waals surface area contributed by atoms with Crippen molar-refractivity contribution >= 4 is 57.5 Å². The zero-order valence-electron chi connectivity index (χ0n) is 13.9. The van der Waals surface area contributed by atoms with E-state index in [4.69, 9.17) is 0 Å². The zero-order valence-corrected chi connectivity index (χ0v) is 17.8. The van der Waals surface area contributed by atoms with Crippen LogP contribution in [0.4, 0.5) is 5.69 Å². The van der Waals surface area contributed by atoms with Crippen molar-refractivity contribution in [3.63, 3.8) is 0 Å². The number of anilines is 1. The van der Waals surface area contributed by atoms with Crippen LogP contribution in [0.15, 0.2) is 27.7 Å². The van der Waals surface area contributed by atoms with E-state index in [1.165, 1.54) is 12.8 Å². The van der Waals surface area contributed by atoms with Crippen molar-refractivity contribution in [3.8, 4) is 0 Å². The van der Waals surface area contributed by atoms with Gasteiger partial charge in [0.15, 0.2) is 5.96 Å². The lowest BCUT2D eigenvalue weighted by molar-refractivity contribution is -0.115. The van der Waals surface area contributed by atoms with Gasteiger partial charge in [-0.2, -0.15) is 0 Å². The van der Waals surface area contributed by atoms with Gasteiger partial charge in [0.1, 0.15) is 0 Å². The topological polar surface area (TPSA) is 65.5 Å².